The maximum Gasteiger partial charge on any atom is 0.147 e. The van der Waals surface area contributed by atoms with Crippen LogP contribution in [0.15, 0.2) is 110 Å². The molecule has 0 N–H and O–H groups in total. The molecule has 160 valence electrons. The van der Waals surface area contributed by atoms with E-state index in [1.54, 1.807) is 0 Å². The van der Waals surface area contributed by atoms with Crippen LogP contribution in [0, 0.1) is 0 Å². The molecule has 2 heterocycles. The number of halogens is 1. The molecule has 1 aliphatic carbocycles. The van der Waals surface area contributed by atoms with Crippen LogP contribution >= 0.6 is 15.9 Å². The van der Waals surface area contributed by atoms with E-state index in [9.17, 15) is 0 Å². The van der Waals surface area contributed by atoms with E-state index in [1.807, 2.05) is 12.1 Å². The van der Waals surface area contributed by atoms with Gasteiger partial charge in [-0.05, 0) is 70.3 Å². The van der Waals surface area contributed by atoms with Crippen molar-refractivity contribution in [2.24, 2.45) is 0 Å². The Kier molecular flexibility index (Phi) is 3.62. The number of hydrogen-bond donors (Lipinski definition) is 0. The average molecular weight is 501 g/mol. The van der Waals surface area contributed by atoms with Gasteiger partial charge in [0.2, 0.25) is 0 Å². The third-order valence-corrected chi connectivity index (χ3v) is 7.72. The summed E-state index contributed by atoms with van der Waals surface area (Å²) in [5.41, 5.74) is 10.2. The van der Waals surface area contributed by atoms with Gasteiger partial charge in [-0.2, -0.15) is 0 Å². The molecule has 2 nitrogen and oxygen atoms in total. The molecule has 2 aromatic heterocycles. The minimum atomic E-state index is 0.219. The zero-order valence-electron chi connectivity index (χ0n) is 18.0. The van der Waals surface area contributed by atoms with E-state index in [-0.39, 0.29) is 5.92 Å². The highest BCUT2D eigenvalue weighted by molar-refractivity contribution is 9.10. The van der Waals surface area contributed by atoms with E-state index >= 15 is 0 Å². The van der Waals surface area contributed by atoms with Crippen LogP contribution in [0.4, 0.5) is 0 Å². The SMILES string of the molecule is Brc1ccc2oc3ccc4c5cc(C6c7ccccc7-c7ccccc76)ccc5oc4c3c2c1. The first-order chi connectivity index (χ1) is 16.8. The summed E-state index contributed by atoms with van der Waals surface area (Å²) in [5, 5.41) is 4.35. The molecule has 8 rings (SSSR count). The van der Waals surface area contributed by atoms with Crippen molar-refractivity contribution in [1.29, 1.82) is 0 Å². The summed E-state index contributed by atoms with van der Waals surface area (Å²) in [5.74, 6) is 0.219. The van der Waals surface area contributed by atoms with E-state index in [4.69, 9.17) is 8.83 Å². The topological polar surface area (TPSA) is 26.3 Å². The van der Waals surface area contributed by atoms with Crippen LogP contribution in [-0.4, -0.2) is 0 Å². The lowest BCUT2D eigenvalue weighted by molar-refractivity contribution is 0.662. The predicted molar refractivity (Wildman–Crippen MR) is 142 cm³/mol. The second-order valence-electron chi connectivity index (χ2n) is 9.02. The van der Waals surface area contributed by atoms with Crippen LogP contribution in [0.25, 0.3) is 55.0 Å². The van der Waals surface area contributed by atoms with Crippen molar-refractivity contribution >= 4 is 59.8 Å². The molecule has 0 spiro atoms. The van der Waals surface area contributed by atoms with Crippen LogP contribution in [0.5, 0.6) is 0 Å². The lowest BCUT2D eigenvalue weighted by atomic mass is 9.88. The van der Waals surface area contributed by atoms with E-state index in [2.05, 4.69) is 101 Å². The molecular formula is C31H17BrO2. The monoisotopic (exact) mass is 500 g/mol. The molecule has 0 saturated carbocycles. The molecule has 3 heteroatoms. The maximum absolute atomic E-state index is 6.45. The van der Waals surface area contributed by atoms with Crippen molar-refractivity contribution in [1.82, 2.24) is 0 Å². The van der Waals surface area contributed by atoms with Crippen molar-refractivity contribution in [2.45, 2.75) is 5.92 Å². The Bertz CT molecular complexity index is 1890. The van der Waals surface area contributed by atoms with Crippen LogP contribution in [0.1, 0.15) is 22.6 Å². The highest BCUT2D eigenvalue weighted by Gasteiger charge is 2.29. The van der Waals surface area contributed by atoms with Gasteiger partial charge in [0.1, 0.15) is 22.3 Å². The number of furan rings is 2. The Hall–Kier alpha value is -3.82. The summed E-state index contributed by atoms with van der Waals surface area (Å²) in [6.07, 6.45) is 0. The fourth-order valence-electron chi connectivity index (χ4n) is 5.78. The van der Waals surface area contributed by atoms with Crippen molar-refractivity contribution in [2.75, 3.05) is 0 Å². The Labute approximate surface area is 203 Å². The van der Waals surface area contributed by atoms with Gasteiger partial charge in [-0.15, -0.1) is 0 Å². The molecule has 0 amide bonds. The van der Waals surface area contributed by atoms with E-state index in [0.717, 1.165) is 48.3 Å². The third kappa shape index (κ3) is 2.40. The molecule has 0 fully saturated rings. The molecule has 7 aromatic rings. The number of hydrogen-bond acceptors (Lipinski definition) is 2. The lowest BCUT2D eigenvalue weighted by Crippen LogP contribution is -1.98. The minimum absolute atomic E-state index is 0.219. The molecule has 0 saturated heterocycles. The number of fused-ring (bicyclic) bond motifs is 10. The predicted octanol–water partition coefficient (Wildman–Crippen LogP) is 9.41. The zero-order chi connectivity index (χ0) is 22.4. The third-order valence-electron chi connectivity index (χ3n) is 7.22. The van der Waals surface area contributed by atoms with Crippen molar-refractivity contribution in [3.05, 3.63) is 118 Å². The van der Waals surface area contributed by atoms with E-state index < -0.39 is 0 Å². The summed E-state index contributed by atoms with van der Waals surface area (Å²) in [6, 6.07) is 34.5. The van der Waals surface area contributed by atoms with Gasteiger partial charge in [0.05, 0.1) is 5.39 Å². The lowest BCUT2D eigenvalue weighted by Gasteiger charge is -2.14. The van der Waals surface area contributed by atoms with Gasteiger partial charge in [-0.25, -0.2) is 0 Å². The number of benzene rings is 5. The molecule has 0 aliphatic heterocycles. The highest BCUT2D eigenvalue weighted by Crippen LogP contribution is 2.49. The van der Waals surface area contributed by atoms with Crippen LogP contribution in [0.3, 0.4) is 0 Å². The van der Waals surface area contributed by atoms with Crippen LogP contribution in [0.2, 0.25) is 0 Å². The molecule has 5 aromatic carbocycles. The fraction of sp³-hybridized carbons (Fsp3) is 0.0323. The van der Waals surface area contributed by atoms with Gasteiger partial charge in [-0.3, -0.25) is 0 Å². The summed E-state index contributed by atoms with van der Waals surface area (Å²) < 4.78 is 13.6. The average Bonchev–Trinajstić information content (AvgIpc) is 3.52. The zero-order valence-corrected chi connectivity index (χ0v) is 19.6. The molecule has 0 bridgehead atoms. The first-order valence-electron chi connectivity index (χ1n) is 11.4. The van der Waals surface area contributed by atoms with Gasteiger partial charge < -0.3 is 8.83 Å². The van der Waals surface area contributed by atoms with Gasteiger partial charge in [0, 0.05) is 26.5 Å². The molecular weight excluding hydrogens is 484 g/mol. The van der Waals surface area contributed by atoms with E-state index in [0.29, 0.717) is 0 Å². The second kappa shape index (κ2) is 6.62. The van der Waals surface area contributed by atoms with Gasteiger partial charge >= 0.3 is 0 Å². The Morgan fingerprint density at radius 3 is 2.03 bits per heavy atom. The smallest absolute Gasteiger partial charge is 0.147 e. The van der Waals surface area contributed by atoms with Crippen molar-refractivity contribution in [3.63, 3.8) is 0 Å². The summed E-state index contributed by atoms with van der Waals surface area (Å²) in [7, 11) is 0. The summed E-state index contributed by atoms with van der Waals surface area (Å²) in [6.45, 7) is 0. The second-order valence-corrected chi connectivity index (χ2v) is 9.94. The highest BCUT2D eigenvalue weighted by atomic mass is 79.9. The molecule has 1 aliphatic rings. The standard InChI is InChI=1S/C31H17BrO2/c32-18-10-13-27-25(16-18)30-28(33-27)14-11-23-24-15-17(9-12-26(24)34-31(23)30)29-21-7-3-1-5-19(21)20-6-2-4-8-22(20)29/h1-16,29H. The fourth-order valence-corrected chi connectivity index (χ4v) is 6.14. The summed E-state index contributed by atoms with van der Waals surface area (Å²) in [4.78, 5) is 0. The van der Waals surface area contributed by atoms with Crippen molar-refractivity contribution < 1.29 is 8.83 Å². The first-order valence-corrected chi connectivity index (χ1v) is 12.2. The summed E-state index contributed by atoms with van der Waals surface area (Å²) >= 11 is 3.60. The van der Waals surface area contributed by atoms with E-state index in [1.165, 1.54) is 27.8 Å². The van der Waals surface area contributed by atoms with Crippen LogP contribution < -0.4 is 0 Å². The van der Waals surface area contributed by atoms with Gasteiger partial charge in [0.25, 0.3) is 0 Å². The first kappa shape index (κ1) is 18.6. The Morgan fingerprint density at radius 2 is 1.24 bits per heavy atom. The Morgan fingerprint density at radius 1 is 0.559 bits per heavy atom. The van der Waals surface area contributed by atoms with Gasteiger partial charge in [-0.1, -0.05) is 70.5 Å². The maximum atomic E-state index is 6.45. The quantitative estimate of drug-likeness (QED) is 0.224. The Balaban J connectivity index is 1.41. The normalized spacial score (nSPS) is 13.3. The molecule has 0 atom stereocenters. The van der Waals surface area contributed by atoms with Crippen LogP contribution in [-0.2, 0) is 0 Å². The molecule has 0 radical (unpaired) electrons. The molecule has 0 unspecified atom stereocenters. The van der Waals surface area contributed by atoms with Gasteiger partial charge in [0.15, 0.2) is 0 Å². The van der Waals surface area contributed by atoms with Crippen molar-refractivity contribution in [3.8, 4) is 11.1 Å². The largest absolute Gasteiger partial charge is 0.456 e. The number of rotatable bonds is 1. The minimum Gasteiger partial charge on any atom is -0.456 e. The molecule has 34 heavy (non-hydrogen) atoms.